The monoisotopic (exact) mass is 445 g/mol. The molecular formula is C21H17ClFN3O3S. The number of hydrogen-bond donors (Lipinski definition) is 2. The summed E-state index contributed by atoms with van der Waals surface area (Å²) in [6.45, 7) is 2.12. The van der Waals surface area contributed by atoms with Crippen molar-refractivity contribution in [1.82, 2.24) is 5.43 Å². The highest BCUT2D eigenvalue weighted by Crippen LogP contribution is 2.33. The van der Waals surface area contributed by atoms with E-state index in [-0.39, 0.29) is 15.5 Å². The molecule has 30 heavy (non-hydrogen) atoms. The number of nitrogens with one attached hydrogen (secondary N) is 2. The fraction of sp³-hybridized carbons (Fsp3) is 0.0952. The molecule has 4 rings (SSSR count). The topological polar surface area (TPSA) is 78.5 Å². The summed E-state index contributed by atoms with van der Waals surface area (Å²) in [5.74, 6) is -1.47. The highest BCUT2D eigenvalue weighted by atomic mass is 35.5. The van der Waals surface area contributed by atoms with E-state index in [1.165, 1.54) is 24.3 Å². The Morgan fingerprint density at radius 3 is 2.63 bits per heavy atom. The molecule has 1 aliphatic rings. The maximum Gasteiger partial charge on any atom is 0.277 e. The largest absolute Gasteiger partial charge is 0.322 e. The van der Waals surface area contributed by atoms with E-state index in [2.05, 4.69) is 10.7 Å². The van der Waals surface area contributed by atoms with Gasteiger partial charge in [0, 0.05) is 12.2 Å². The third-order valence-electron chi connectivity index (χ3n) is 4.69. The van der Waals surface area contributed by atoms with Gasteiger partial charge in [-0.25, -0.2) is 9.82 Å². The van der Waals surface area contributed by atoms with E-state index in [4.69, 9.17) is 11.6 Å². The van der Waals surface area contributed by atoms with Gasteiger partial charge in [0.25, 0.3) is 15.9 Å². The number of amides is 1. The number of carbonyl (C=O) groups is 1. The number of hydrazine groups is 1. The first-order valence-electron chi connectivity index (χ1n) is 9.01. The van der Waals surface area contributed by atoms with Crippen LogP contribution in [0.15, 0.2) is 65.6 Å². The SMILES string of the molecule is Cc1cccc(S(=O)(=O)N2NCc3ccc(NC(=O)c4c(F)cccc4Cl)cc32)c1. The van der Waals surface area contributed by atoms with E-state index >= 15 is 0 Å². The number of carbonyl (C=O) groups excluding carboxylic acids is 1. The van der Waals surface area contributed by atoms with E-state index in [1.54, 1.807) is 24.3 Å². The van der Waals surface area contributed by atoms with Crippen LogP contribution in [0.5, 0.6) is 0 Å². The number of nitrogens with zero attached hydrogens (tertiary/aromatic N) is 1. The Hall–Kier alpha value is -2.94. The molecule has 9 heteroatoms. The second kappa shape index (κ2) is 7.71. The standard InChI is InChI=1S/C21H17ClFN3O3S/c1-13-4-2-5-16(10-13)30(28,29)26-19-11-15(9-8-14(19)12-24-26)25-21(27)20-17(22)6-3-7-18(20)23/h2-11,24H,12H2,1H3,(H,25,27). The number of sulfonamides is 1. The van der Waals surface area contributed by atoms with Gasteiger partial charge in [-0.2, -0.15) is 12.8 Å². The van der Waals surface area contributed by atoms with Crippen molar-refractivity contribution in [2.45, 2.75) is 18.4 Å². The van der Waals surface area contributed by atoms with Crippen molar-refractivity contribution in [2.24, 2.45) is 0 Å². The Kier molecular flexibility index (Phi) is 5.23. The predicted molar refractivity (Wildman–Crippen MR) is 113 cm³/mol. The Morgan fingerprint density at radius 2 is 1.90 bits per heavy atom. The molecule has 1 amide bonds. The van der Waals surface area contributed by atoms with Crippen LogP contribution < -0.4 is 15.2 Å². The normalized spacial score (nSPS) is 13.2. The summed E-state index contributed by atoms with van der Waals surface area (Å²) in [4.78, 5) is 12.7. The van der Waals surface area contributed by atoms with Gasteiger partial charge < -0.3 is 5.32 Å². The molecule has 0 fully saturated rings. The van der Waals surface area contributed by atoms with Gasteiger partial charge in [-0.15, -0.1) is 0 Å². The van der Waals surface area contributed by atoms with Crippen LogP contribution in [0.2, 0.25) is 5.02 Å². The molecule has 0 unspecified atom stereocenters. The number of rotatable bonds is 4. The molecule has 6 nitrogen and oxygen atoms in total. The van der Waals surface area contributed by atoms with Gasteiger partial charge in [0.15, 0.2) is 0 Å². The van der Waals surface area contributed by atoms with Crippen molar-refractivity contribution in [3.05, 3.63) is 88.2 Å². The fourth-order valence-electron chi connectivity index (χ4n) is 3.23. The highest BCUT2D eigenvalue weighted by Gasteiger charge is 2.31. The fourth-order valence-corrected chi connectivity index (χ4v) is 4.93. The first kappa shape index (κ1) is 20.3. The smallest absolute Gasteiger partial charge is 0.277 e. The molecule has 0 saturated carbocycles. The summed E-state index contributed by atoms with van der Waals surface area (Å²) in [6.07, 6.45) is 0. The van der Waals surface area contributed by atoms with Crippen molar-refractivity contribution < 1.29 is 17.6 Å². The van der Waals surface area contributed by atoms with E-state index in [1.807, 2.05) is 13.0 Å². The molecule has 0 spiro atoms. The van der Waals surface area contributed by atoms with Gasteiger partial charge in [-0.3, -0.25) is 4.79 Å². The molecule has 3 aromatic carbocycles. The van der Waals surface area contributed by atoms with Crippen LogP contribution in [0.25, 0.3) is 0 Å². The van der Waals surface area contributed by atoms with Gasteiger partial charge in [-0.05, 0) is 54.4 Å². The van der Waals surface area contributed by atoms with E-state index in [0.29, 0.717) is 17.9 Å². The zero-order chi connectivity index (χ0) is 21.5. The maximum atomic E-state index is 14.0. The van der Waals surface area contributed by atoms with Crippen molar-refractivity contribution in [1.29, 1.82) is 0 Å². The molecule has 2 N–H and O–H groups in total. The Balaban J connectivity index is 1.66. The maximum absolute atomic E-state index is 14.0. The third-order valence-corrected chi connectivity index (χ3v) is 6.66. The summed E-state index contributed by atoms with van der Waals surface area (Å²) in [7, 11) is -3.86. The molecule has 0 radical (unpaired) electrons. The molecule has 0 bridgehead atoms. The van der Waals surface area contributed by atoms with Crippen LogP contribution in [0.3, 0.4) is 0 Å². The van der Waals surface area contributed by atoms with Crippen LogP contribution in [-0.2, 0) is 16.6 Å². The van der Waals surface area contributed by atoms with Crippen LogP contribution >= 0.6 is 11.6 Å². The molecule has 154 valence electrons. The minimum Gasteiger partial charge on any atom is -0.322 e. The van der Waals surface area contributed by atoms with Crippen molar-refractivity contribution in [3.63, 3.8) is 0 Å². The summed E-state index contributed by atoms with van der Waals surface area (Å²) in [5, 5.41) is 2.56. The van der Waals surface area contributed by atoms with Crippen molar-refractivity contribution in [3.8, 4) is 0 Å². The Morgan fingerprint density at radius 1 is 1.13 bits per heavy atom. The average molecular weight is 446 g/mol. The van der Waals surface area contributed by atoms with Crippen LogP contribution in [0, 0.1) is 12.7 Å². The average Bonchev–Trinajstić information content (AvgIpc) is 3.12. The number of fused-ring (bicyclic) bond motifs is 1. The van der Waals surface area contributed by atoms with Crippen LogP contribution in [-0.4, -0.2) is 14.3 Å². The number of anilines is 2. The van der Waals surface area contributed by atoms with Crippen LogP contribution in [0.1, 0.15) is 21.5 Å². The Bertz CT molecular complexity index is 1240. The molecule has 0 atom stereocenters. The van der Waals surface area contributed by atoms with Gasteiger partial charge in [0.05, 0.1) is 21.2 Å². The zero-order valence-electron chi connectivity index (χ0n) is 15.8. The van der Waals surface area contributed by atoms with Gasteiger partial charge in [0.1, 0.15) is 5.82 Å². The van der Waals surface area contributed by atoms with Gasteiger partial charge in [0.2, 0.25) is 0 Å². The number of halogens is 2. The molecule has 3 aromatic rings. The number of hydrogen-bond acceptors (Lipinski definition) is 4. The lowest BCUT2D eigenvalue weighted by atomic mass is 10.1. The first-order valence-corrected chi connectivity index (χ1v) is 10.8. The lowest BCUT2D eigenvalue weighted by molar-refractivity contribution is 0.102. The minimum atomic E-state index is -3.86. The van der Waals surface area contributed by atoms with Crippen LogP contribution in [0.4, 0.5) is 15.8 Å². The summed E-state index contributed by atoms with van der Waals surface area (Å²) < 4.78 is 41.3. The molecule has 0 saturated heterocycles. The molecular weight excluding hydrogens is 429 g/mol. The molecule has 1 heterocycles. The third kappa shape index (κ3) is 3.65. The van der Waals surface area contributed by atoms with E-state index < -0.39 is 21.7 Å². The predicted octanol–water partition coefficient (Wildman–Crippen LogP) is 4.25. The first-order chi connectivity index (χ1) is 14.3. The van der Waals surface area contributed by atoms with E-state index in [9.17, 15) is 17.6 Å². The Labute approximate surface area is 178 Å². The van der Waals surface area contributed by atoms with Gasteiger partial charge >= 0.3 is 0 Å². The molecule has 0 aliphatic carbocycles. The zero-order valence-corrected chi connectivity index (χ0v) is 17.4. The lowest BCUT2D eigenvalue weighted by Gasteiger charge is -2.20. The summed E-state index contributed by atoms with van der Waals surface area (Å²) in [5.41, 5.74) is 4.84. The summed E-state index contributed by atoms with van der Waals surface area (Å²) in [6, 6.07) is 15.4. The van der Waals surface area contributed by atoms with E-state index in [0.717, 1.165) is 21.6 Å². The number of benzene rings is 3. The number of aryl methyl sites for hydroxylation is 1. The highest BCUT2D eigenvalue weighted by molar-refractivity contribution is 7.92. The van der Waals surface area contributed by atoms with Crippen molar-refractivity contribution in [2.75, 3.05) is 9.73 Å². The van der Waals surface area contributed by atoms with Gasteiger partial charge in [-0.1, -0.05) is 35.9 Å². The minimum absolute atomic E-state index is 0.0148. The second-order valence-corrected chi connectivity index (χ2v) is 9.01. The lowest BCUT2D eigenvalue weighted by Crippen LogP contribution is -2.38. The summed E-state index contributed by atoms with van der Waals surface area (Å²) >= 11 is 5.95. The van der Waals surface area contributed by atoms with Crippen molar-refractivity contribution >= 4 is 38.9 Å². The molecule has 1 aliphatic heterocycles. The quantitative estimate of drug-likeness (QED) is 0.629. The molecule has 0 aromatic heterocycles. The second-order valence-electron chi connectivity index (χ2n) is 6.82.